The maximum absolute atomic E-state index is 14.3. The zero-order valence-corrected chi connectivity index (χ0v) is 26.2. The Morgan fingerprint density at radius 2 is 1.71 bits per heavy atom. The summed E-state index contributed by atoms with van der Waals surface area (Å²) in [6.07, 6.45) is 0. The number of nitrogens with one attached hydrogen (secondary N) is 1. The maximum Gasteiger partial charge on any atom is 0.356 e. The van der Waals surface area contributed by atoms with Gasteiger partial charge in [0.25, 0.3) is 5.91 Å². The van der Waals surface area contributed by atoms with Crippen molar-refractivity contribution in [3.63, 3.8) is 0 Å². The van der Waals surface area contributed by atoms with Crippen LogP contribution in [0.1, 0.15) is 44.5 Å². The smallest absolute Gasteiger partial charge is 0.356 e. The number of likely N-dealkylation sites (N-methyl/N-ethyl adjacent to an activating group) is 1. The number of carboxylic acid groups (broad SMARTS) is 1. The molecule has 0 saturated carbocycles. The van der Waals surface area contributed by atoms with E-state index in [1.165, 1.54) is 52.3 Å². The Bertz CT molecular complexity index is 1880. The van der Waals surface area contributed by atoms with Gasteiger partial charge < -0.3 is 20.1 Å². The summed E-state index contributed by atoms with van der Waals surface area (Å²) >= 11 is 0. The standard InChI is InChI=1S/C32H34FN5O6S/c1-5-36-14-16-37(17-15-36)45(42,43)28-19-23(34-30(39)24-8-6-7-9-25(24)33)11-13-27(28)44-31-22(4)29(32(40)41)35-38(31)26-12-10-20(2)18-21(26)3/h6-13,18-19H,5,14-17H2,1-4H3,(H,34,39)(H,40,41). The number of aryl methyl sites for hydroxylation is 2. The fourth-order valence-electron chi connectivity index (χ4n) is 5.25. The number of anilines is 1. The molecule has 0 unspecified atom stereocenters. The Labute approximate surface area is 260 Å². The number of benzene rings is 3. The molecule has 5 rings (SSSR count). The molecule has 45 heavy (non-hydrogen) atoms. The van der Waals surface area contributed by atoms with E-state index in [-0.39, 0.29) is 52.1 Å². The lowest BCUT2D eigenvalue weighted by Gasteiger charge is -2.33. The molecule has 236 valence electrons. The van der Waals surface area contributed by atoms with E-state index in [9.17, 15) is 27.5 Å². The molecule has 11 nitrogen and oxygen atoms in total. The quantitative estimate of drug-likeness (QED) is 0.262. The van der Waals surface area contributed by atoms with Crippen molar-refractivity contribution >= 4 is 27.6 Å². The molecule has 0 radical (unpaired) electrons. The SMILES string of the molecule is CCN1CCN(S(=O)(=O)c2cc(NC(=O)c3ccccc3F)ccc2Oc2c(C)c(C(=O)O)nn2-c2ccc(C)cc2C)CC1. The van der Waals surface area contributed by atoms with E-state index in [2.05, 4.69) is 15.3 Å². The van der Waals surface area contributed by atoms with Crippen molar-refractivity contribution < 1.29 is 32.2 Å². The number of rotatable bonds is 9. The van der Waals surface area contributed by atoms with Crippen LogP contribution in [0, 0.1) is 26.6 Å². The van der Waals surface area contributed by atoms with Crippen molar-refractivity contribution in [2.45, 2.75) is 32.6 Å². The predicted molar refractivity (Wildman–Crippen MR) is 166 cm³/mol. The lowest BCUT2D eigenvalue weighted by Crippen LogP contribution is -2.48. The monoisotopic (exact) mass is 635 g/mol. The number of piperazine rings is 1. The number of aromatic carboxylic acids is 1. The third-order valence-electron chi connectivity index (χ3n) is 7.77. The fourth-order valence-corrected chi connectivity index (χ4v) is 6.82. The van der Waals surface area contributed by atoms with E-state index in [4.69, 9.17) is 4.74 Å². The summed E-state index contributed by atoms with van der Waals surface area (Å²) in [4.78, 5) is 26.9. The Morgan fingerprint density at radius 1 is 1.00 bits per heavy atom. The van der Waals surface area contributed by atoms with Gasteiger partial charge in [-0.05, 0) is 69.3 Å². The second-order valence-electron chi connectivity index (χ2n) is 10.8. The van der Waals surface area contributed by atoms with Crippen LogP contribution in [-0.2, 0) is 10.0 Å². The largest absolute Gasteiger partial charge is 0.476 e. The summed E-state index contributed by atoms with van der Waals surface area (Å²) in [5.74, 6) is -2.82. The summed E-state index contributed by atoms with van der Waals surface area (Å²) in [5, 5.41) is 16.7. The average molecular weight is 636 g/mol. The van der Waals surface area contributed by atoms with Crippen LogP contribution in [0.4, 0.5) is 10.1 Å². The predicted octanol–water partition coefficient (Wildman–Crippen LogP) is 5.01. The molecule has 3 aromatic carbocycles. The number of carbonyl (C=O) groups is 2. The average Bonchev–Trinajstić information content (AvgIpc) is 3.33. The molecule has 1 fully saturated rings. The molecule has 0 aliphatic carbocycles. The molecular formula is C32H34FN5O6S. The van der Waals surface area contributed by atoms with Gasteiger partial charge in [-0.25, -0.2) is 17.6 Å². The van der Waals surface area contributed by atoms with Crippen molar-refractivity contribution in [3.8, 4) is 17.3 Å². The fraction of sp³-hybridized carbons (Fsp3) is 0.281. The van der Waals surface area contributed by atoms with E-state index in [1.807, 2.05) is 32.9 Å². The normalized spacial score (nSPS) is 14.3. The third-order valence-corrected chi connectivity index (χ3v) is 9.69. The van der Waals surface area contributed by atoms with Crippen LogP contribution in [0.5, 0.6) is 11.6 Å². The van der Waals surface area contributed by atoms with Crippen LogP contribution in [0.3, 0.4) is 0 Å². The molecule has 13 heteroatoms. The highest BCUT2D eigenvalue weighted by Gasteiger charge is 2.33. The Balaban J connectivity index is 1.61. The third kappa shape index (κ3) is 6.46. The Morgan fingerprint density at radius 3 is 2.36 bits per heavy atom. The molecule has 4 aromatic rings. The highest BCUT2D eigenvalue weighted by atomic mass is 32.2. The summed E-state index contributed by atoms with van der Waals surface area (Å²) < 4.78 is 51.6. The van der Waals surface area contributed by atoms with Crippen LogP contribution in [0.2, 0.25) is 0 Å². The Kier molecular flexibility index (Phi) is 9.05. The molecule has 1 aliphatic heterocycles. The highest BCUT2D eigenvalue weighted by Crippen LogP contribution is 2.37. The molecule has 1 saturated heterocycles. The molecule has 0 bridgehead atoms. The van der Waals surface area contributed by atoms with Gasteiger partial charge in [0, 0.05) is 37.4 Å². The summed E-state index contributed by atoms with van der Waals surface area (Å²) in [6, 6.07) is 15.1. The summed E-state index contributed by atoms with van der Waals surface area (Å²) in [7, 11) is -4.18. The molecule has 1 aliphatic rings. The number of carbonyl (C=O) groups excluding carboxylic acids is 1. The molecule has 2 heterocycles. The minimum absolute atomic E-state index is 0.0229. The van der Waals surface area contributed by atoms with E-state index >= 15 is 0 Å². The summed E-state index contributed by atoms with van der Waals surface area (Å²) in [6.45, 7) is 9.66. The minimum atomic E-state index is -4.18. The second-order valence-corrected chi connectivity index (χ2v) is 12.7. The number of sulfonamides is 1. The van der Waals surface area contributed by atoms with Crippen LogP contribution >= 0.6 is 0 Å². The highest BCUT2D eigenvalue weighted by molar-refractivity contribution is 7.89. The molecule has 2 N–H and O–H groups in total. The number of aromatic nitrogens is 2. The first-order chi connectivity index (χ1) is 21.4. The first kappa shape index (κ1) is 31.8. The number of hydrogen-bond donors (Lipinski definition) is 2. The first-order valence-electron chi connectivity index (χ1n) is 14.4. The van der Waals surface area contributed by atoms with Crippen molar-refractivity contribution in [1.29, 1.82) is 0 Å². The molecular weight excluding hydrogens is 601 g/mol. The number of hydrogen-bond acceptors (Lipinski definition) is 7. The van der Waals surface area contributed by atoms with Crippen LogP contribution in [0.15, 0.2) is 65.6 Å². The van der Waals surface area contributed by atoms with Crippen LogP contribution in [-0.4, -0.2) is 77.1 Å². The Hall–Kier alpha value is -4.59. The number of nitrogens with zero attached hydrogens (tertiary/aromatic N) is 4. The molecule has 1 amide bonds. The number of ether oxygens (including phenoxy) is 1. The van der Waals surface area contributed by atoms with Crippen LogP contribution in [0.25, 0.3) is 5.69 Å². The molecule has 1 aromatic heterocycles. The van der Waals surface area contributed by atoms with E-state index in [0.29, 0.717) is 18.8 Å². The van der Waals surface area contributed by atoms with E-state index in [1.54, 1.807) is 6.07 Å². The zero-order valence-electron chi connectivity index (χ0n) is 25.4. The van der Waals surface area contributed by atoms with Gasteiger partial charge in [0.15, 0.2) is 5.69 Å². The zero-order chi connectivity index (χ0) is 32.5. The van der Waals surface area contributed by atoms with Crippen molar-refractivity contribution in [2.75, 3.05) is 38.0 Å². The second kappa shape index (κ2) is 12.8. The maximum atomic E-state index is 14.3. The number of amides is 1. The summed E-state index contributed by atoms with van der Waals surface area (Å²) in [5.41, 5.74) is 2.19. The van der Waals surface area contributed by atoms with E-state index < -0.39 is 27.7 Å². The van der Waals surface area contributed by atoms with Gasteiger partial charge in [-0.2, -0.15) is 14.1 Å². The van der Waals surface area contributed by atoms with Gasteiger partial charge in [-0.3, -0.25) is 4.79 Å². The van der Waals surface area contributed by atoms with Gasteiger partial charge >= 0.3 is 5.97 Å². The first-order valence-corrected chi connectivity index (χ1v) is 15.9. The molecule has 0 spiro atoms. The lowest BCUT2D eigenvalue weighted by atomic mass is 10.1. The van der Waals surface area contributed by atoms with Crippen molar-refractivity contribution in [1.82, 2.24) is 19.0 Å². The number of halogens is 1. The van der Waals surface area contributed by atoms with Gasteiger partial charge in [-0.1, -0.05) is 36.8 Å². The lowest BCUT2D eigenvalue weighted by molar-refractivity contribution is 0.0689. The topological polar surface area (TPSA) is 134 Å². The van der Waals surface area contributed by atoms with Gasteiger partial charge in [0.2, 0.25) is 15.9 Å². The van der Waals surface area contributed by atoms with Gasteiger partial charge in [0.1, 0.15) is 16.5 Å². The van der Waals surface area contributed by atoms with Gasteiger partial charge in [0.05, 0.1) is 11.3 Å². The van der Waals surface area contributed by atoms with Crippen LogP contribution < -0.4 is 10.1 Å². The minimum Gasteiger partial charge on any atom is -0.476 e. The number of carboxylic acids is 1. The van der Waals surface area contributed by atoms with Crippen molar-refractivity contribution in [3.05, 3.63) is 94.4 Å². The van der Waals surface area contributed by atoms with Gasteiger partial charge in [-0.15, -0.1) is 0 Å². The van der Waals surface area contributed by atoms with E-state index in [0.717, 1.165) is 23.7 Å². The van der Waals surface area contributed by atoms with Crippen molar-refractivity contribution in [2.24, 2.45) is 0 Å². The molecule has 0 atom stereocenters.